The molecule has 14 heavy (non-hydrogen) atoms. The molecule has 0 bridgehead atoms. The van der Waals surface area contributed by atoms with Gasteiger partial charge in [-0.3, -0.25) is 0 Å². The van der Waals surface area contributed by atoms with E-state index in [1.54, 1.807) is 0 Å². The summed E-state index contributed by atoms with van der Waals surface area (Å²) >= 11 is 0. The zero-order valence-corrected chi connectivity index (χ0v) is 7.24. The molecule has 1 aliphatic rings. The molecule has 0 aliphatic heterocycles. The fraction of sp³-hybridized carbons (Fsp3) is 0.500. The highest BCUT2D eigenvalue weighted by Gasteiger charge is 2.58. The molecule has 1 aromatic rings. The maximum atomic E-state index is 12.6. The number of hydrogen-bond donors (Lipinski definition) is 1. The largest absolute Gasteiger partial charge is 0.381 e. The summed E-state index contributed by atoms with van der Waals surface area (Å²) in [7, 11) is 5.33. The van der Waals surface area contributed by atoms with E-state index < -0.39 is 24.4 Å². The minimum atomic E-state index is -2.81. The maximum Gasteiger partial charge on any atom is 0.254 e. The summed E-state index contributed by atoms with van der Waals surface area (Å²) in [6.07, 6.45) is 1.33. The molecular formula is C8H7BF2N2O. The first-order valence-electron chi connectivity index (χ1n) is 4.10. The first-order chi connectivity index (χ1) is 6.41. The SMILES string of the molecule is [B]c1cnc(C2(O)CC(F)(F)C2)nc1. The Kier molecular flexibility index (Phi) is 1.85. The molecule has 0 amide bonds. The van der Waals surface area contributed by atoms with Gasteiger partial charge in [0.2, 0.25) is 0 Å². The summed E-state index contributed by atoms with van der Waals surface area (Å²) in [5.74, 6) is -2.79. The van der Waals surface area contributed by atoms with Gasteiger partial charge >= 0.3 is 0 Å². The summed E-state index contributed by atoms with van der Waals surface area (Å²) in [4.78, 5) is 7.44. The Labute approximate surface area is 80.6 Å². The number of aliphatic hydroxyl groups is 1. The maximum absolute atomic E-state index is 12.6. The van der Waals surface area contributed by atoms with Crippen LogP contribution in [0.25, 0.3) is 0 Å². The lowest BCUT2D eigenvalue weighted by molar-refractivity contribution is -0.214. The topological polar surface area (TPSA) is 46.0 Å². The van der Waals surface area contributed by atoms with Crippen molar-refractivity contribution in [2.75, 3.05) is 0 Å². The predicted octanol–water partition coefficient (Wildman–Crippen LogP) is -0.113. The highest BCUT2D eigenvalue weighted by Crippen LogP contribution is 2.50. The van der Waals surface area contributed by atoms with Crippen LogP contribution in [0.5, 0.6) is 0 Å². The van der Waals surface area contributed by atoms with E-state index >= 15 is 0 Å². The average molecular weight is 196 g/mol. The first-order valence-corrected chi connectivity index (χ1v) is 4.10. The second-order valence-electron chi connectivity index (χ2n) is 3.58. The van der Waals surface area contributed by atoms with Gasteiger partial charge in [0.05, 0.1) is 0 Å². The van der Waals surface area contributed by atoms with Crippen molar-refractivity contribution in [2.45, 2.75) is 24.4 Å². The van der Waals surface area contributed by atoms with Crippen LogP contribution < -0.4 is 5.46 Å². The third kappa shape index (κ3) is 1.50. The lowest BCUT2D eigenvalue weighted by Crippen LogP contribution is -2.50. The van der Waals surface area contributed by atoms with Gasteiger partial charge < -0.3 is 5.11 Å². The molecule has 2 rings (SSSR count). The van der Waals surface area contributed by atoms with Crippen LogP contribution in [0.15, 0.2) is 12.4 Å². The van der Waals surface area contributed by atoms with E-state index in [0.29, 0.717) is 5.46 Å². The Morgan fingerprint density at radius 1 is 1.29 bits per heavy atom. The average Bonchev–Trinajstić information content (AvgIpc) is 2.01. The summed E-state index contributed by atoms with van der Waals surface area (Å²) in [5.41, 5.74) is -1.25. The minimum absolute atomic E-state index is 0.0117. The molecule has 0 unspecified atom stereocenters. The zero-order chi connectivity index (χ0) is 10.4. The molecule has 1 heterocycles. The lowest BCUT2D eigenvalue weighted by Gasteiger charge is -2.41. The predicted molar refractivity (Wildman–Crippen MR) is 45.5 cm³/mol. The van der Waals surface area contributed by atoms with Gasteiger partial charge in [0, 0.05) is 25.2 Å². The molecule has 72 valence electrons. The molecule has 1 N–H and O–H groups in total. The van der Waals surface area contributed by atoms with E-state index in [1.165, 1.54) is 12.4 Å². The molecule has 1 fully saturated rings. The number of halogens is 2. The van der Waals surface area contributed by atoms with Gasteiger partial charge in [-0.05, 0) is 0 Å². The number of hydrogen-bond acceptors (Lipinski definition) is 3. The summed E-state index contributed by atoms with van der Waals surface area (Å²) in [6.45, 7) is 0. The van der Waals surface area contributed by atoms with E-state index in [1.807, 2.05) is 0 Å². The Bertz CT molecular complexity index is 347. The van der Waals surface area contributed by atoms with Crippen LogP contribution >= 0.6 is 0 Å². The zero-order valence-electron chi connectivity index (χ0n) is 7.24. The van der Waals surface area contributed by atoms with Gasteiger partial charge in [-0.25, -0.2) is 18.7 Å². The van der Waals surface area contributed by atoms with Gasteiger partial charge in [0.25, 0.3) is 5.92 Å². The van der Waals surface area contributed by atoms with Crippen molar-refractivity contribution in [1.29, 1.82) is 0 Å². The van der Waals surface area contributed by atoms with Gasteiger partial charge in [-0.1, -0.05) is 5.46 Å². The molecule has 1 aromatic heterocycles. The van der Waals surface area contributed by atoms with Crippen molar-refractivity contribution in [3.05, 3.63) is 18.2 Å². The van der Waals surface area contributed by atoms with Crippen molar-refractivity contribution in [3.63, 3.8) is 0 Å². The second-order valence-corrected chi connectivity index (χ2v) is 3.58. The second kappa shape index (κ2) is 2.73. The van der Waals surface area contributed by atoms with E-state index in [-0.39, 0.29) is 5.82 Å². The third-order valence-corrected chi connectivity index (χ3v) is 2.19. The Morgan fingerprint density at radius 3 is 2.21 bits per heavy atom. The number of aromatic nitrogens is 2. The summed E-state index contributed by atoms with van der Waals surface area (Å²) in [6, 6.07) is 0. The molecule has 0 aromatic carbocycles. The van der Waals surface area contributed by atoms with Gasteiger partial charge in [0.1, 0.15) is 13.4 Å². The first kappa shape index (κ1) is 9.52. The van der Waals surface area contributed by atoms with Crippen LogP contribution in [0.2, 0.25) is 0 Å². The number of rotatable bonds is 1. The summed E-state index contributed by atoms with van der Waals surface area (Å²) < 4.78 is 25.1. The summed E-state index contributed by atoms with van der Waals surface area (Å²) in [5, 5.41) is 9.66. The Hall–Kier alpha value is -1.04. The normalized spacial score (nSPS) is 22.8. The van der Waals surface area contributed by atoms with Crippen molar-refractivity contribution in [1.82, 2.24) is 9.97 Å². The molecule has 0 atom stereocenters. The van der Waals surface area contributed by atoms with Crippen LogP contribution in [0, 0.1) is 0 Å². The van der Waals surface area contributed by atoms with Crippen LogP contribution in [-0.2, 0) is 5.60 Å². The molecule has 1 saturated carbocycles. The van der Waals surface area contributed by atoms with Crippen molar-refractivity contribution in [3.8, 4) is 0 Å². The molecule has 0 saturated heterocycles. The molecule has 2 radical (unpaired) electrons. The van der Waals surface area contributed by atoms with E-state index in [2.05, 4.69) is 9.97 Å². The van der Waals surface area contributed by atoms with Crippen molar-refractivity contribution in [2.24, 2.45) is 0 Å². The highest BCUT2D eigenvalue weighted by molar-refractivity contribution is 6.31. The number of alkyl halides is 2. The molecule has 6 heteroatoms. The lowest BCUT2D eigenvalue weighted by atomic mass is 9.76. The Balaban J connectivity index is 2.21. The fourth-order valence-corrected chi connectivity index (χ4v) is 1.54. The molecule has 1 aliphatic carbocycles. The molecule has 3 nitrogen and oxygen atoms in total. The quantitative estimate of drug-likeness (QED) is 0.637. The van der Waals surface area contributed by atoms with Crippen LogP contribution in [0.4, 0.5) is 8.78 Å². The van der Waals surface area contributed by atoms with E-state index in [0.717, 1.165) is 0 Å². The van der Waals surface area contributed by atoms with Crippen LogP contribution in [0.1, 0.15) is 18.7 Å². The molecule has 0 spiro atoms. The van der Waals surface area contributed by atoms with Gasteiger partial charge in [0.15, 0.2) is 5.82 Å². The third-order valence-electron chi connectivity index (χ3n) is 2.19. The van der Waals surface area contributed by atoms with Crippen LogP contribution in [-0.4, -0.2) is 28.8 Å². The van der Waals surface area contributed by atoms with E-state index in [9.17, 15) is 13.9 Å². The standard InChI is InChI=1S/C8H7BF2N2O/c9-5-1-12-6(13-2-5)7(14)3-8(10,11)4-7/h1-2,14H,3-4H2. The fourth-order valence-electron chi connectivity index (χ4n) is 1.54. The van der Waals surface area contributed by atoms with Crippen LogP contribution in [0.3, 0.4) is 0 Å². The van der Waals surface area contributed by atoms with Crippen molar-refractivity contribution < 1.29 is 13.9 Å². The van der Waals surface area contributed by atoms with Gasteiger partial charge in [-0.15, -0.1) is 0 Å². The minimum Gasteiger partial charge on any atom is -0.381 e. The van der Waals surface area contributed by atoms with Crippen molar-refractivity contribution >= 4 is 13.3 Å². The highest BCUT2D eigenvalue weighted by atomic mass is 19.3. The smallest absolute Gasteiger partial charge is 0.254 e. The molecular weight excluding hydrogens is 189 g/mol. The van der Waals surface area contributed by atoms with E-state index in [4.69, 9.17) is 7.85 Å². The Morgan fingerprint density at radius 2 is 1.79 bits per heavy atom. The van der Waals surface area contributed by atoms with Gasteiger partial charge in [-0.2, -0.15) is 0 Å². The number of nitrogens with zero attached hydrogens (tertiary/aromatic N) is 2. The monoisotopic (exact) mass is 196 g/mol.